The number of rotatable bonds is 7. The van der Waals surface area contributed by atoms with Gasteiger partial charge in [-0.25, -0.2) is 9.78 Å². The molecule has 3 heterocycles. The number of amides is 2. The molecular weight excluding hydrogens is 430 g/mol. The summed E-state index contributed by atoms with van der Waals surface area (Å²) in [5.41, 5.74) is 6.99. The summed E-state index contributed by atoms with van der Waals surface area (Å²) < 4.78 is 5.21. The van der Waals surface area contributed by atoms with E-state index in [1.807, 2.05) is 13.8 Å². The van der Waals surface area contributed by atoms with Gasteiger partial charge in [0.2, 0.25) is 0 Å². The topological polar surface area (TPSA) is 136 Å². The van der Waals surface area contributed by atoms with E-state index in [1.165, 1.54) is 23.8 Å². The smallest absolute Gasteiger partial charge is 0.355 e. The van der Waals surface area contributed by atoms with Crippen LogP contribution in [0, 0.1) is 0 Å². The number of hydrogen-bond acceptors (Lipinski definition) is 10. The molecule has 2 amide bonds. The number of nitrogen functional groups attached to an aromatic ring is 1. The molecule has 0 spiro atoms. The second-order valence-electron chi connectivity index (χ2n) is 6.55. The fourth-order valence-corrected chi connectivity index (χ4v) is 4.53. The summed E-state index contributed by atoms with van der Waals surface area (Å²) in [5, 5.41) is 7.79. The molecule has 1 fully saturated rings. The van der Waals surface area contributed by atoms with Crippen molar-refractivity contribution in [2.75, 3.05) is 25.2 Å². The van der Waals surface area contributed by atoms with Crippen LogP contribution in [0.3, 0.4) is 0 Å². The van der Waals surface area contributed by atoms with Gasteiger partial charge in [0.25, 0.3) is 11.8 Å². The molecule has 0 aliphatic carbocycles. The molecule has 30 heavy (non-hydrogen) atoms. The van der Waals surface area contributed by atoms with Crippen molar-refractivity contribution in [3.8, 4) is 0 Å². The third-order valence-corrected chi connectivity index (χ3v) is 6.07. The van der Waals surface area contributed by atoms with Crippen molar-refractivity contribution in [2.45, 2.75) is 25.3 Å². The lowest BCUT2D eigenvalue weighted by Crippen LogP contribution is -2.70. The maximum atomic E-state index is 12.7. The number of oxime groups is 1. The van der Waals surface area contributed by atoms with E-state index in [1.54, 1.807) is 17.5 Å². The Labute approximate surface area is 181 Å². The van der Waals surface area contributed by atoms with Gasteiger partial charge < -0.3 is 20.6 Å². The van der Waals surface area contributed by atoms with E-state index in [0.717, 1.165) is 16.9 Å². The van der Waals surface area contributed by atoms with Crippen molar-refractivity contribution in [2.24, 2.45) is 5.16 Å². The standard InChI is InChI=1S/C18H21N5O5S2/c1-9(2)4-6-28-17(26)11-5-7-29-16-13(15(25)23(11)16)21-14(24)12(22-27-3)10-8-30-18(19)20-10/h4-5,8,13,16H,6-7H2,1-3H3,(H2,19,20)(H,21,24)/t13?,16-/m1/s1. The highest BCUT2D eigenvalue weighted by atomic mass is 32.2. The molecule has 0 radical (unpaired) electrons. The van der Waals surface area contributed by atoms with E-state index >= 15 is 0 Å². The summed E-state index contributed by atoms with van der Waals surface area (Å²) in [6.07, 6.45) is 3.42. The Hall–Kier alpha value is -2.86. The number of thiazole rings is 1. The minimum absolute atomic E-state index is 0.0885. The Morgan fingerprint density at radius 3 is 2.87 bits per heavy atom. The zero-order chi connectivity index (χ0) is 21.8. The van der Waals surface area contributed by atoms with Crippen LogP contribution in [0.2, 0.25) is 0 Å². The average molecular weight is 452 g/mol. The van der Waals surface area contributed by atoms with E-state index in [0.29, 0.717) is 5.75 Å². The van der Waals surface area contributed by atoms with Crippen LogP contribution in [0.15, 0.2) is 34.0 Å². The zero-order valence-electron chi connectivity index (χ0n) is 16.6. The van der Waals surface area contributed by atoms with Crippen molar-refractivity contribution in [1.29, 1.82) is 0 Å². The molecule has 2 aliphatic heterocycles. The van der Waals surface area contributed by atoms with Crippen LogP contribution < -0.4 is 11.1 Å². The molecule has 2 aliphatic rings. The summed E-state index contributed by atoms with van der Waals surface area (Å²) >= 11 is 2.58. The Morgan fingerprint density at radius 2 is 2.23 bits per heavy atom. The second kappa shape index (κ2) is 9.30. The number of nitrogens with one attached hydrogen (secondary N) is 1. The van der Waals surface area contributed by atoms with Crippen LogP contribution in [0.25, 0.3) is 0 Å². The maximum absolute atomic E-state index is 12.7. The van der Waals surface area contributed by atoms with Gasteiger partial charge in [-0.2, -0.15) is 0 Å². The predicted octanol–water partition coefficient (Wildman–Crippen LogP) is 0.869. The van der Waals surface area contributed by atoms with Gasteiger partial charge in [-0.05, 0) is 26.0 Å². The molecule has 0 bridgehead atoms. The van der Waals surface area contributed by atoms with Gasteiger partial charge in [-0.15, -0.1) is 23.1 Å². The Morgan fingerprint density at radius 1 is 1.47 bits per heavy atom. The summed E-state index contributed by atoms with van der Waals surface area (Å²) in [7, 11) is 1.30. The normalized spacial score (nSPS) is 20.5. The molecule has 2 atom stereocenters. The van der Waals surface area contributed by atoms with Crippen LogP contribution in [0.4, 0.5) is 5.13 Å². The number of anilines is 1. The van der Waals surface area contributed by atoms with Crippen molar-refractivity contribution in [1.82, 2.24) is 15.2 Å². The summed E-state index contributed by atoms with van der Waals surface area (Å²) in [6.45, 7) is 3.92. The van der Waals surface area contributed by atoms with Crippen LogP contribution in [-0.4, -0.2) is 64.3 Å². The van der Waals surface area contributed by atoms with Gasteiger partial charge in [-0.1, -0.05) is 10.7 Å². The number of β-lactam (4-membered cyclic amide) rings is 1. The molecule has 3 rings (SSSR count). The van der Waals surface area contributed by atoms with Crippen LogP contribution in [0.1, 0.15) is 19.5 Å². The molecule has 0 saturated carbocycles. The lowest BCUT2D eigenvalue weighted by molar-refractivity contribution is -0.151. The lowest BCUT2D eigenvalue weighted by Gasteiger charge is -2.48. The first-order valence-corrected chi connectivity index (χ1v) is 10.8. The van der Waals surface area contributed by atoms with Gasteiger partial charge >= 0.3 is 5.97 Å². The number of hydrogen-bond donors (Lipinski definition) is 2. The number of thioether (sulfide) groups is 1. The van der Waals surface area contributed by atoms with E-state index in [2.05, 4.69) is 15.5 Å². The largest absolute Gasteiger partial charge is 0.457 e. The number of ether oxygens (including phenoxy) is 1. The number of allylic oxidation sites excluding steroid dienone is 1. The van der Waals surface area contributed by atoms with E-state index < -0.39 is 29.2 Å². The fourth-order valence-electron chi connectivity index (χ4n) is 2.79. The third-order valence-electron chi connectivity index (χ3n) is 4.21. The SMILES string of the molecule is CON=C(C(=O)NC1C(=O)N2C(C(=O)OCC=C(C)C)=CCS[C@H]12)c1csc(N)n1. The first-order chi connectivity index (χ1) is 14.3. The van der Waals surface area contributed by atoms with Crippen molar-refractivity contribution >= 4 is 51.7 Å². The molecule has 3 N–H and O–H groups in total. The van der Waals surface area contributed by atoms with Crippen LogP contribution in [-0.2, 0) is 24.0 Å². The Kier molecular flexibility index (Phi) is 6.77. The highest BCUT2D eigenvalue weighted by Crippen LogP contribution is 2.37. The van der Waals surface area contributed by atoms with Crippen molar-refractivity contribution in [3.05, 3.63) is 34.5 Å². The van der Waals surface area contributed by atoms with E-state index in [-0.39, 0.29) is 28.8 Å². The maximum Gasteiger partial charge on any atom is 0.355 e. The average Bonchev–Trinajstić information content (AvgIpc) is 3.14. The summed E-state index contributed by atoms with van der Waals surface area (Å²) in [6, 6.07) is -0.810. The van der Waals surface area contributed by atoms with Gasteiger partial charge in [0, 0.05) is 11.1 Å². The number of nitrogens with two attached hydrogens (primary N) is 1. The summed E-state index contributed by atoms with van der Waals surface area (Å²) in [5.74, 6) is -1.09. The molecule has 1 saturated heterocycles. The zero-order valence-corrected chi connectivity index (χ0v) is 18.2. The van der Waals surface area contributed by atoms with Crippen LogP contribution in [0.5, 0.6) is 0 Å². The third kappa shape index (κ3) is 4.49. The fraction of sp³-hybridized carbons (Fsp3) is 0.389. The first-order valence-electron chi connectivity index (χ1n) is 8.92. The number of aromatic nitrogens is 1. The Bertz CT molecular complexity index is 951. The summed E-state index contributed by atoms with van der Waals surface area (Å²) in [4.78, 5) is 47.8. The molecule has 1 unspecified atom stereocenters. The van der Waals surface area contributed by atoms with Gasteiger partial charge in [0.15, 0.2) is 10.8 Å². The number of esters is 1. The predicted molar refractivity (Wildman–Crippen MR) is 114 cm³/mol. The van der Waals surface area contributed by atoms with Gasteiger partial charge in [-0.3, -0.25) is 14.5 Å². The molecule has 0 aromatic carbocycles. The number of carbonyl (C=O) groups excluding carboxylic acids is 3. The van der Waals surface area contributed by atoms with Gasteiger partial charge in [0.1, 0.15) is 36.5 Å². The molecular formula is C18H21N5O5S2. The van der Waals surface area contributed by atoms with Crippen LogP contribution >= 0.6 is 23.1 Å². The van der Waals surface area contributed by atoms with Crippen molar-refractivity contribution < 1.29 is 24.0 Å². The number of carbonyl (C=O) groups is 3. The van der Waals surface area contributed by atoms with E-state index in [9.17, 15) is 14.4 Å². The molecule has 10 nitrogen and oxygen atoms in total. The van der Waals surface area contributed by atoms with Crippen molar-refractivity contribution in [3.63, 3.8) is 0 Å². The monoisotopic (exact) mass is 451 g/mol. The number of nitrogens with zero attached hydrogens (tertiary/aromatic N) is 3. The second-order valence-corrected chi connectivity index (χ2v) is 8.59. The quantitative estimate of drug-likeness (QED) is 0.205. The molecule has 12 heteroatoms. The molecule has 1 aromatic rings. The highest BCUT2D eigenvalue weighted by Gasteiger charge is 2.53. The van der Waals surface area contributed by atoms with E-state index in [4.69, 9.17) is 15.3 Å². The minimum Gasteiger partial charge on any atom is -0.457 e. The lowest BCUT2D eigenvalue weighted by atomic mass is 10.0. The Balaban J connectivity index is 1.67. The highest BCUT2D eigenvalue weighted by molar-refractivity contribution is 8.00. The molecule has 1 aromatic heterocycles. The molecule has 160 valence electrons. The minimum atomic E-state index is -0.810. The first kappa shape index (κ1) is 21.8. The number of fused-ring (bicyclic) bond motifs is 1. The van der Waals surface area contributed by atoms with Gasteiger partial charge in [0.05, 0.1) is 0 Å².